The van der Waals surface area contributed by atoms with Gasteiger partial charge in [0.05, 0.1) is 5.71 Å². The lowest BCUT2D eigenvalue weighted by Crippen LogP contribution is -2.56. The predicted molar refractivity (Wildman–Crippen MR) is 111 cm³/mol. The highest BCUT2D eigenvalue weighted by atomic mass is 35.5. The van der Waals surface area contributed by atoms with Crippen molar-refractivity contribution in [1.29, 1.82) is 0 Å². The zero-order valence-corrected chi connectivity index (χ0v) is 17.1. The van der Waals surface area contributed by atoms with Crippen molar-refractivity contribution in [1.82, 2.24) is 5.32 Å². The van der Waals surface area contributed by atoms with Crippen molar-refractivity contribution in [2.75, 3.05) is 7.11 Å². The van der Waals surface area contributed by atoms with Crippen molar-refractivity contribution in [3.8, 4) is 0 Å². The van der Waals surface area contributed by atoms with Crippen molar-refractivity contribution >= 4 is 28.9 Å². The summed E-state index contributed by atoms with van der Waals surface area (Å²) in [6, 6.07) is 16.6. The standard InChI is InChI=1S/C22H24Cl2N2O/c1-22-13-3-4-18(21(22)26-27-2)19(14-5-9-16(23)10-6-14)25-20(22)15-7-11-17(24)12-8-15/h5-12,18-20,25H,3-4,13H2,1-2H3/b26-21+. The van der Waals surface area contributed by atoms with Crippen molar-refractivity contribution in [2.45, 2.75) is 38.3 Å². The fourth-order valence-electron chi connectivity index (χ4n) is 4.86. The summed E-state index contributed by atoms with van der Waals surface area (Å²) < 4.78 is 0. The molecule has 0 spiro atoms. The molecule has 2 bridgehead atoms. The molecular formula is C22H24Cl2N2O. The smallest absolute Gasteiger partial charge is 0.106 e. The van der Waals surface area contributed by atoms with Gasteiger partial charge in [-0.15, -0.1) is 0 Å². The third kappa shape index (κ3) is 3.37. The van der Waals surface area contributed by atoms with Gasteiger partial charge in [-0.05, 0) is 48.2 Å². The molecule has 2 aromatic rings. The van der Waals surface area contributed by atoms with Gasteiger partial charge in [-0.2, -0.15) is 0 Å². The maximum atomic E-state index is 6.13. The molecule has 4 atom stereocenters. The molecular weight excluding hydrogens is 379 g/mol. The normalized spacial score (nSPS) is 31.7. The Labute approximate surface area is 170 Å². The van der Waals surface area contributed by atoms with Gasteiger partial charge < -0.3 is 10.2 Å². The highest BCUT2D eigenvalue weighted by molar-refractivity contribution is 6.30. The Kier molecular flexibility index (Phi) is 5.19. The van der Waals surface area contributed by atoms with E-state index in [0.717, 1.165) is 28.6 Å². The second-order valence-electron chi connectivity index (χ2n) is 7.76. The first-order chi connectivity index (χ1) is 13.0. The van der Waals surface area contributed by atoms with Crippen LogP contribution in [0.2, 0.25) is 10.0 Å². The van der Waals surface area contributed by atoms with Crippen LogP contribution in [0.3, 0.4) is 0 Å². The summed E-state index contributed by atoms with van der Waals surface area (Å²) >= 11 is 12.2. The van der Waals surface area contributed by atoms with Crippen LogP contribution in [0, 0.1) is 11.3 Å². The van der Waals surface area contributed by atoms with Gasteiger partial charge in [0.15, 0.2) is 0 Å². The maximum absolute atomic E-state index is 6.13. The molecule has 27 heavy (non-hydrogen) atoms. The van der Waals surface area contributed by atoms with E-state index in [2.05, 4.69) is 41.7 Å². The minimum absolute atomic E-state index is 0.0876. The molecule has 4 unspecified atom stereocenters. The van der Waals surface area contributed by atoms with E-state index in [-0.39, 0.29) is 17.5 Å². The third-order valence-corrected chi connectivity index (χ3v) is 6.66. The van der Waals surface area contributed by atoms with Gasteiger partial charge in [-0.3, -0.25) is 0 Å². The molecule has 2 aliphatic rings. The molecule has 0 amide bonds. The highest BCUT2D eigenvalue weighted by Gasteiger charge is 2.53. The second-order valence-corrected chi connectivity index (χ2v) is 8.63. The Morgan fingerprint density at radius 2 is 1.59 bits per heavy atom. The number of hydrogen-bond acceptors (Lipinski definition) is 3. The average molecular weight is 403 g/mol. The first-order valence-corrected chi connectivity index (χ1v) is 10.2. The lowest BCUT2D eigenvalue weighted by molar-refractivity contribution is 0.135. The Morgan fingerprint density at radius 3 is 2.19 bits per heavy atom. The molecule has 1 saturated carbocycles. The van der Waals surface area contributed by atoms with E-state index in [0.29, 0.717) is 5.92 Å². The number of nitrogens with zero attached hydrogens (tertiary/aromatic N) is 1. The zero-order chi connectivity index (χ0) is 19.0. The minimum Gasteiger partial charge on any atom is -0.399 e. The van der Waals surface area contributed by atoms with Gasteiger partial charge in [0.1, 0.15) is 7.11 Å². The Morgan fingerprint density at radius 1 is 1.00 bits per heavy atom. The van der Waals surface area contributed by atoms with Crippen molar-refractivity contribution in [3.05, 3.63) is 69.7 Å². The SMILES string of the molecule is CO/N=C1\C2CCCC1(C)C(c1ccc(Cl)cc1)NC2c1ccc(Cl)cc1. The lowest BCUT2D eigenvalue weighted by atomic mass is 9.58. The van der Waals surface area contributed by atoms with Gasteiger partial charge in [0.2, 0.25) is 0 Å². The van der Waals surface area contributed by atoms with Gasteiger partial charge >= 0.3 is 0 Å². The largest absolute Gasteiger partial charge is 0.399 e. The summed E-state index contributed by atoms with van der Waals surface area (Å²) in [4.78, 5) is 5.31. The third-order valence-electron chi connectivity index (χ3n) is 6.16. The van der Waals surface area contributed by atoms with Crippen LogP contribution in [0.5, 0.6) is 0 Å². The summed E-state index contributed by atoms with van der Waals surface area (Å²) in [5.74, 6) is 0.313. The van der Waals surface area contributed by atoms with Gasteiger partial charge in [-0.1, -0.05) is 66.0 Å². The van der Waals surface area contributed by atoms with Crippen LogP contribution in [0.4, 0.5) is 0 Å². The molecule has 1 N–H and O–H groups in total. The van der Waals surface area contributed by atoms with Gasteiger partial charge in [0.25, 0.3) is 0 Å². The number of piperidine rings is 1. The average Bonchev–Trinajstić information content (AvgIpc) is 2.65. The molecule has 4 rings (SSSR count). The van der Waals surface area contributed by atoms with Crippen molar-refractivity contribution < 1.29 is 4.84 Å². The van der Waals surface area contributed by atoms with E-state index in [1.54, 1.807) is 7.11 Å². The Balaban J connectivity index is 1.81. The summed E-state index contributed by atoms with van der Waals surface area (Å²) in [7, 11) is 1.64. The van der Waals surface area contributed by atoms with Crippen LogP contribution < -0.4 is 5.32 Å². The van der Waals surface area contributed by atoms with E-state index in [4.69, 9.17) is 28.0 Å². The fraction of sp³-hybridized carbons (Fsp3) is 0.409. The number of hydrogen-bond donors (Lipinski definition) is 1. The van der Waals surface area contributed by atoms with Crippen LogP contribution in [-0.4, -0.2) is 12.8 Å². The van der Waals surface area contributed by atoms with E-state index in [1.165, 1.54) is 17.5 Å². The number of benzene rings is 2. The van der Waals surface area contributed by atoms with E-state index in [1.807, 2.05) is 24.3 Å². The predicted octanol–water partition coefficient (Wildman–Crippen LogP) is 6.19. The summed E-state index contributed by atoms with van der Waals surface area (Å²) in [5, 5.41) is 9.99. The molecule has 1 heterocycles. The number of halogens is 2. The molecule has 2 aromatic carbocycles. The second kappa shape index (κ2) is 7.46. The molecule has 0 aromatic heterocycles. The highest BCUT2D eigenvalue weighted by Crippen LogP contribution is 2.53. The van der Waals surface area contributed by atoms with Gasteiger partial charge in [-0.25, -0.2) is 0 Å². The molecule has 5 heteroatoms. The molecule has 1 saturated heterocycles. The molecule has 1 aliphatic carbocycles. The Bertz CT molecular complexity index is 834. The first-order valence-electron chi connectivity index (χ1n) is 9.41. The molecule has 2 fully saturated rings. The molecule has 0 radical (unpaired) electrons. The van der Waals surface area contributed by atoms with E-state index in [9.17, 15) is 0 Å². The van der Waals surface area contributed by atoms with Crippen LogP contribution in [-0.2, 0) is 4.84 Å². The quantitative estimate of drug-likeness (QED) is 0.620. The van der Waals surface area contributed by atoms with Crippen LogP contribution >= 0.6 is 23.2 Å². The summed E-state index contributed by atoms with van der Waals surface area (Å²) in [6.45, 7) is 2.31. The summed E-state index contributed by atoms with van der Waals surface area (Å²) in [5.41, 5.74) is 3.53. The minimum atomic E-state index is -0.0876. The fourth-order valence-corrected chi connectivity index (χ4v) is 5.11. The van der Waals surface area contributed by atoms with Crippen LogP contribution in [0.15, 0.2) is 53.7 Å². The number of nitrogens with one attached hydrogen (secondary N) is 1. The number of rotatable bonds is 3. The molecule has 3 nitrogen and oxygen atoms in total. The van der Waals surface area contributed by atoms with Crippen molar-refractivity contribution in [3.63, 3.8) is 0 Å². The maximum Gasteiger partial charge on any atom is 0.106 e. The van der Waals surface area contributed by atoms with Crippen LogP contribution in [0.25, 0.3) is 0 Å². The van der Waals surface area contributed by atoms with E-state index < -0.39 is 0 Å². The number of fused-ring (bicyclic) bond motifs is 2. The number of oxime groups is 1. The Hall–Kier alpha value is -1.55. The molecule has 142 valence electrons. The van der Waals surface area contributed by atoms with Crippen molar-refractivity contribution in [2.24, 2.45) is 16.5 Å². The van der Waals surface area contributed by atoms with Gasteiger partial charge in [0, 0.05) is 33.5 Å². The summed E-state index contributed by atoms with van der Waals surface area (Å²) in [6.07, 6.45) is 3.37. The topological polar surface area (TPSA) is 33.6 Å². The van der Waals surface area contributed by atoms with E-state index >= 15 is 0 Å². The first kappa shape index (κ1) is 18.8. The monoisotopic (exact) mass is 402 g/mol. The lowest BCUT2D eigenvalue weighted by Gasteiger charge is -2.53. The molecule has 1 aliphatic heterocycles. The zero-order valence-electron chi connectivity index (χ0n) is 15.6. The van der Waals surface area contributed by atoms with Crippen LogP contribution in [0.1, 0.15) is 49.4 Å².